The Morgan fingerprint density at radius 3 is 2.70 bits per heavy atom. The van der Waals surface area contributed by atoms with E-state index in [-0.39, 0.29) is 12.0 Å². The lowest BCUT2D eigenvalue weighted by atomic mass is 9.95. The maximum absolute atomic E-state index is 6.11. The zero-order valence-electron chi connectivity index (χ0n) is 12.6. The number of rotatable bonds is 6. The number of hydrogen-bond acceptors (Lipinski definition) is 6. The SMILES string of the molecule is CCOC(CC)(CC)c1noc(C2COCCC2N)n1. The van der Waals surface area contributed by atoms with Gasteiger partial charge >= 0.3 is 0 Å². The summed E-state index contributed by atoms with van der Waals surface area (Å²) < 4.78 is 16.8. The Morgan fingerprint density at radius 1 is 1.35 bits per heavy atom. The van der Waals surface area contributed by atoms with Gasteiger partial charge in [0.25, 0.3) is 0 Å². The Hall–Kier alpha value is -0.980. The molecule has 1 saturated heterocycles. The van der Waals surface area contributed by atoms with E-state index in [1.54, 1.807) is 0 Å². The quantitative estimate of drug-likeness (QED) is 0.859. The van der Waals surface area contributed by atoms with Gasteiger partial charge in [-0.15, -0.1) is 0 Å². The standard InChI is InChI=1S/C14H25N3O3/c1-4-14(5-2,19-6-3)13-16-12(20-17-13)10-9-18-8-7-11(10)15/h10-11H,4-9,15H2,1-3H3. The third kappa shape index (κ3) is 2.87. The van der Waals surface area contributed by atoms with Gasteiger partial charge in [-0.2, -0.15) is 4.98 Å². The first-order chi connectivity index (χ1) is 9.66. The third-order valence-electron chi connectivity index (χ3n) is 4.14. The number of nitrogens with zero attached hydrogens (tertiary/aromatic N) is 2. The van der Waals surface area contributed by atoms with Gasteiger partial charge in [-0.05, 0) is 26.2 Å². The average molecular weight is 283 g/mol. The van der Waals surface area contributed by atoms with Crippen LogP contribution in [-0.2, 0) is 15.1 Å². The Morgan fingerprint density at radius 2 is 2.10 bits per heavy atom. The van der Waals surface area contributed by atoms with Gasteiger partial charge in [-0.1, -0.05) is 19.0 Å². The number of hydrogen-bond donors (Lipinski definition) is 1. The van der Waals surface area contributed by atoms with Crippen molar-refractivity contribution >= 4 is 0 Å². The summed E-state index contributed by atoms with van der Waals surface area (Å²) in [7, 11) is 0. The van der Waals surface area contributed by atoms with Gasteiger partial charge in [0.1, 0.15) is 5.60 Å². The van der Waals surface area contributed by atoms with E-state index in [1.807, 2.05) is 6.92 Å². The van der Waals surface area contributed by atoms with Crippen LogP contribution >= 0.6 is 0 Å². The van der Waals surface area contributed by atoms with Crippen LogP contribution in [0.25, 0.3) is 0 Å². The first-order valence-corrected chi connectivity index (χ1v) is 7.48. The second kappa shape index (κ2) is 6.65. The van der Waals surface area contributed by atoms with E-state index in [9.17, 15) is 0 Å². The summed E-state index contributed by atoms with van der Waals surface area (Å²) in [6.45, 7) is 7.99. The lowest BCUT2D eigenvalue weighted by Gasteiger charge is -2.28. The first-order valence-electron chi connectivity index (χ1n) is 7.48. The highest BCUT2D eigenvalue weighted by Gasteiger charge is 2.37. The van der Waals surface area contributed by atoms with Crippen molar-refractivity contribution in [1.29, 1.82) is 0 Å². The Bertz CT molecular complexity index is 418. The molecule has 0 aliphatic carbocycles. The van der Waals surface area contributed by atoms with Gasteiger partial charge in [0.2, 0.25) is 11.7 Å². The van der Waals surface area contributed by atoms with E-state index >= 15 is 0 Å². The summed E-state index contributed by atoms with van der Waals surface area (Å²) in [5, 5.41) is 4.14. The smallest absolute Gasteiger partial charge is 0.233 e. The second-order valence-electron chi connectivity index (χ2n) is 5.22. The normalized spacial score (nSPS) is 24.0. The summed E-state index contributed by atoms with van der Waals surface area (Å²) in [5.41, 5.74) is 5.65. The molecule has 2 heterocycles. The number of nitrogens with two attached hydrogens (primary N) is 1. The highest BCUT2D eigenvalue weighted by molar-refractivity contribution is 5.06. The van der Waals surface area contributed by atoms with Crippen LogP contribution < -0.4 is 5.73 Å². The molecular weight excluding hydrogens is 258 g/mol. The van der Waals surface area contributed by atoms with Crippen molar-refractivity contribution in [2.24, 2.45) is 5.73 Å². The summed E-state index contributed by atoms with van der Waals surface area (Å²) >= 11 is 0. The van der Waals surface area contributed by atoms with E-state index in [0.717, 1.165) is 19.3 Å². The van der Waals surface area contributed by atoms with Crippen LogP contribution in [0.3, 0.4) is 0 Å². The predicted octanol–water partition coefficient (Wildman–Crippen LogP) is 1.95. The fourth-order valence-corrected chi connectivity index (χ4v) is 2.69. The zero-order valence-corrected chi connectivity index (χ0v) is 12.6. The van der Waals surface area contributed by atoms with Crippen LogP contribution in [0.15, 0.2) is 4.52 Å². The molecule has 2 unspecified atom stereocenters. The molecule has 1 aromatic rings. The van der Waals surface area contributed by atoms with Gasteiger partial charge in [0.15, 0.2) is 0 Å². The molecule has 1 aliphatic rings. The van der Waals surface area contributed by atoms with Crippen LogP contribution in [0.2, 0.25) is 0 Å². The molecule has 1 fully saturated rings. The Labute approximate surface area is 120 Å². The molecule has 0 bridgehead atoms. The van der Waals surface area contributed by atoms with Crippen LogP contribution in [-0.4, -0.2) is 36.0 Å². The maximum Gasteiger partial charge on any atom is 0.233 e. The molecule has 2 N–H and O–H groups in total. The van der Waals surface area contributed by atoms with Gasteiger partial charge in [-0.3, -0.25) is 0 Å². The van der Waals surface area contributed by atoms with Crippen LogP contribution in [0, 0.1) is 0 Å². The lowest BCUT2D eigenvalue weighted by Crippen LogP contribution is -2.37. The highest BCUT2D eigenvalue weighted by Crippen LogP contribution is 2.32. The van der Waals surface area contributed by atoms with E-state index < -0.39 is 5.60 Å². The van der Waals surface area contributed by atoms with E-state index in [4.69, 9.17) is 19.7 Å². The molecule has 0 saturated carbocycles. The monoisotopic (exact) mass is 283 g/mol. The number of aromatic nitrogens is 2. The van der Waals surface area contributed by atoms with Crippen molar-refractivity contribution in [1.82, 2.24) is 10.1 Å². The van der Waals surface area contributed by atoms with Crippen molar-refractivity contribution < 1.29 is 14.0 Å². The predicted molar refractivity (Wildman–Crippen MR) is 74.3 cm³/mol. The average Bonchev–Trinajstić information content (AvgIpc) is 2.95. The van der Waals surface area contributed by atoms with Gasteiger partial charge in [0.05, 0.1) is 12.5 Å². The minimum Gasteiger partial charge on any atom is -0.381 e. The molecule has 1 aromatic heterocycles. The maximum atomic E-state index is 6.11. The fourth-order valence-electron chi connectivity index (χ4n) is 2.69. The fraction of sp³-hybridized carbons (Fsp3) is 0.857. The Balaban J connectivity index is 2.22. The molecule has 2 atom stereocenters. The summed E-state index contributed by atoms with van der Waals surface area (Å²) in [5.74, 6) is 1.17. The molecule has 2 rings (SSSR count). The molecule has 6 nitrogen and oxygen atoms in total. The van der Waals surface area contributed by atoms with Crippen molar-refractivity contribution in [3.05, 3.63) is 11.7 Å². The summed E-state index contributed by atoms with van der Waals surface area (Å²) in [6, 6.07) is 0.0156. The Kier molecular flexibility index (Phi) is 5.12. The van der Waals surface area contributed by atoms with Crippen LogP contribution in [0.5, 0.6) is 0 Å². The minimum absolute atomic E-state index is 0.0156. The van der Waals surface area contributed by atoms with E-state index in [0.29, 0.717) is 31.5 Å². The van der Waals surface area contributed by atoms with Gasteiger partial charge in [-0.25, -0.2) is 0 Å². The molecular formula is C14H25N3O3. The number of ether oxygens (including phenoxy) is 2. The molecule has 20 heavy (non-hydrogen) atoms. The summed E-state index contributed by atoms with van der Waals surface area (Å²) in [6.07, 6.45) is 2.44. The van der Waals surface area contributed by atoms with Crippen LogP contribution in [0.1, 0.15) is 57.7 Å². The molecule has 0 aromatic carbocycles. The first kappa shape index (κ1) is 15.4. The zero-order chi connectivity index (χ0) is 14.6. The van der Waals surface area contributed by atoms with E-state index in [2.05, 4.69) is 24.0 Å². The molecule has 6 heteroatoms. The largest absolute Gasteiger partial charge is 0.381 e. The van der Waals surface area contributed by atoms with E-state index in [1.165, 1.54) is 0 Å². The minimum atomic E-state index is -0.462. The van der Waals surface area contributed by atoms with Crippen molar-refractivity contribution in [3.8, 4) is 0 Å². The second-order valence-corrected chi connectivity index (χ2v) is 5.22. The molecule has 114 valence electrons. The van der Waals surface area contributed by atoms with Gasteiger partial charge in [0, 0.05) is 19.3 Å². The van der Waals surface area contributed by atoms with Crippen molar-refractivity contribution in [2.75, 3.05) is 19.8 Å². The molecule has 1 aliphatic heterocycles. The third-order valence-corrected chi connectivity index (χ3v) is 4.14. The molecule has 0 radical (unpaired) electrons. The lowest BCUT2D eigenvalue weighted by molar-refractivity contribution is -0.0583. The highest BCUT2D eigenvalue weighted by atomic mass is 16.5. The van der Waals surface area contributed by atoms with Crippen LogP contribution in [0.4, 0.5) is 0 Å². The summed E-state index contributed by atoms with van der Waals surface area (Å²) in [4.78, 5) is 4.55. The molecule has 0 amide bonds. The molecule has 0 spiro atoms. The van der Waals surface area contributed by atoms with Gasteiger partial charge < -0.3 is 19.7 Å². The van der Waals surface area contributed by atoms with Crippen molar-refractivity contribution in [3.63, 3.8) is 0 Å². The van der Waals surface area contributed by atoms with Crippen molar-refractivity contribution in [2.45, 2.75) is 57.6 Å². The topological polar surface area (TPSA) is 83.4 Å².